The molecule has 1 aliphatic rings. The first kappa shape index (κ1) is 12.0. The first-order valence-electron chi connectivity index (χ1n) is 5.89. The monoisotopic (exact) mass is 212 g/mol. The van der Waals surface area contributed by atoms with E-state index in [-0.39, 0.29) is 0 Å². The first-order chi connectivity index (χ1) is 6.55. The van der Waals surface area contributed by atoms with E-state index in [1.54, 1.807) is 0 Å². The van der Waals surface area contributed by atoms with Gasteiger partial charge in [-0.05, 0) is 32.5 Å². The summed E-state index contributed by atoms with van der Waals surface area (Å²) >= 11 is 0. The summed E-state index contributed by atoms with van der Waals surface area (Å²) in [6, 6.07) is 1.20. The van der Waals surface area contributed by atoms with Crippen LogP contribution < -0.4 is 0 Å². The molecule has 2 heteroatoms. The fraction of sp³-hybridized carbons (Fsp3) is 0.833. The molecule has 1 aliphatic heterocycles. The molecule has 0 saturated carbocycles. The number of rotatable bonds is 4. The van der Waals surface area contributed by atoms with Gasteiger partial charge in [0.1, 0.15) is 0 Å². The summed E-state index contributed by atoms with van der Waals surface area (Å²) in [5.41, 5.74) is 1.47. The maximum absolute atomic E-state index is 6.20. The predicted octanol–water partition coefficient (Wildman–Crippen LogP) is 4.12. The molecule has 1 nitrogen and oxygen atoms in total. The van der Waals surface area contributed by atoms with Crippen LogP contribution in [0.15, 0.2) is 11.6 Å². The van der Waals surface area contributed by atoms with Gasteiger partial charge in [-0.3, -0.25) is 0 Å². The number of hydrogen-bond donors (Lipinski definition) is 0. The zero-order chi connectivity index (χ0) is 10.6. The second-order valence-corrected chi connectivity index (χ2v) is 9.18. The zero-order valence-corrected chi connectivity index (χ0v) is 11.1. The Morgan fingerprint density at radius 1 is 1.43 bits per heavy atom. The molecule has 1 rings (SSSR count). The topological polar surface area (TPSA) is 9.23 Å². The van der Waals surface area contributed by atoms with E-state index in [1.165, 1.54) is 37.3 Å². The van der Waals surface area contributed by atoms with E-state index in [4.69, 9.17) is 4.43 Å². The van der Waals surface area contributed by atoms with Gasteiger partial charge in [-0.25, -0.2) is 0 Å². The Hall–Kier alpha value is -0.0831. The van der Waals surface area contributed by atoms with E-state index in [9.17, 15) is 0 Å². The molecule has 1 atom stereocenters. The lowest BCUT2D eigenvalue weighted by Crippen LogP contribution is -2.38. The average molecular weight is 212 g/mol. The van der Waals surface area contributed by atoms with Crippen molar-refractivity contribution in [3.8, 4) is 0 Å². The predicted molar refractivity (Wildman–Crippen MR) is 65.1 cm³/mol. The molecule has 0 unspecified atom stereocenters. The van der Waals surface area contributed by atoms with Gasteiger partial charge in [0, 0.05) is 0 Å². The summed E-state index contributed by atoms with van der Waals surface area (Å²) in [5.74, 6) is 0. The van der Waals surface area contributed by atoms with E-state index in [0.29, 0.717) is 6.10 Å². The van der Waals surface area contributed by atoms with Gasteiger partial charge in [0.25, 0.3) is 0 Å². The van der Waals surface area contributed by atoms with Crippen LogP contribution in [-0.4, -0.2) is 14.4 Å². The van der Waals surface area contributed by atoms with Crippen LogP contribution in [0.3, 0.4) is 0 Å². The van der Waals surface area contributed by atoms with Crippen LogP contribution in [0.25, 0.3) is 0 Å². The molecule has 82 valence electrons. The van der Waals surface area contributed by atoms with Crippen molar-refractivity contribution in [2.24, 2.45) is 0 Å². The van der Waals surface area contributed by atoms with Crippen LogP contribution in [0.2, 0.25) is 19.1 Å². The van der Waals surface area contributed by atoms with E-state index in [2.05, 4.69) is 33.0 Å². The SMILES string of the molecule is CCCCC[C@H]1O[Si](C)(C)CC=C1C. The van der Waals surface area contributed by atoms with Crippen LogP contribution in [0, 0.1) is 0 Å². The summed E-state index contributed by atoms with van der Waals surface area (Å²) in [6.45, 7) is 9.12. The Kier molecular flexibility index (Phi) is 4.39. The fourth-order valence-electron chi connectivity index (χ4n) is 1.93. The maximum atomic E-state index is 6.20. The Labute approximate surface area is 89.7 Å². The minimum atomic E-state index is -1.33. The van der Waals surface area contributed by atoms with Gasteiger partial charge in [0.15, 0.2) is 8.32 Å². The lowest BCUT2D eigenvalue weighted by Gasteiger charge is -2.33. The van der Waals surface area contributed by atoms with Crippen LogP contribution in [0.1, 0.15) is 39.5 Å². The zero-order valence-electron chi connectivity index (χ0n) is 10.1. The van der Waals surface area contributed by atoms with Crippen molar-refractivity contribution >= 4 is 8.32 Å². The van der Waals surface area contributed by atoms with Gasteiger partial charge < -0.3 is 4.43 Å². The molecule has 0 fully saturated rings. The highest BCUT2D eigenvalue weighted by molar-refractivity contribution is 6.71. The molecule has 0 amide bonds. The molecule has 0 saturated heterocycles. The fourth-order valence-corrected chi connectivity index (χ4v) is 3.91. The summed E-state index contributed by atoms with van der Waals surface area (Å²) in [7, 11) is -1.33. The molecular weight excluding hydrogens is 188 g/mol. The quantitative estimate of drug-likeness (QED) is 0.387. The molecule has 0 spiro atoms. The molecule has 0 aromatic heterocycles. The van der Waals surface area contributed by atoms with E-state index < -0.39 is 8.32 Å². The maximum Gasteiger partial charge on any atom is 0.191 e. The molecule has 0 N–H and O–H groups in total. The van der Waals surface area contributed by atoms with Crippen LogP contribution in [-0.2, 0) is 4.43 Å². The normalized spacial score (nSPS) is 26.0. The minimum Gasteiger partial charge on any atom is -0.411 e. The van der Waals surface area contributed by atoms with Crippen molar-refractivity contribution in [3.05, 3.63) is 11.6 Å². The van der Waals surface area contributed by atoms with Gasteiger partial charge in [-0.1, -0.05) is 37.8 Å². The Morgan fingerprint density at radius 3 is 2.79 bits per heavy atom. The second-order valence-electron chi connectivity index (χ2n) is 5.01. The highest BCUT2D eigenvalue weighted by Gasteiger charge is 2.29. The molecule has 1 heterocycles. The molecule has 0 aromatic rings. The molecule has 14 heavy (non-hydrogen) atoms. The van der Waals surface area contributed by atoms with Crippen molar-refractivity contribution in [2.75, 3.05) is 0 Å². The number of unbranched alkanes of at least 4 members (excludes halogenated alkanes) is 2. The lowest BCUT2D eigenvalue weighted by molar-refractivity contribution is 0.206. The largest absolute Gasteiger partial charge is 0.411 e. The standard InChI is InChI=1S/C12H24OSi/c1-5-6-7-8-12-11(2)9-10-14(3,4)13-12/h9,12H,5-8,10H2,1-4H3/t12-/m1/s1. The molecule has 0 aliphatic carbocycles. The van der Waals surface area contributed by atoms with Crippen molar-refractivity contribution in [2.45, 2.75) is 64.8 Å². The summed E-state index contributed by atoms with van der Waals surface area (Å²) in [6.07, 6.45) is 8.04. The molecule has 0 radical (unpaired) electrons. The number of allylic oxidation sites excluding steroid dienone is 1. The van der Waals surface area contributed by atoms with Crippen LogP contribution in [0.4, 0.5) is 0 Å². The van der Waals surface area contributed by atoms with E-state index in [0.717, 1.165) is 0 Å². The molecular formula is C12H24OSi. The van der Waals surface area contributed by atoms with Crippen molar-refractivity contribution < 1.29 is 4.43 Å². The third-order valence-electron chi connectivity index (χ3n) is 2.95. The van der Waals surface area contributed by atoms with Gasteiger partial charge >= 0.3 is 0 Å². The van der Waals surface area contributed by atoms with Gasteiger partial charge in [0.2, 0.25) is 0 Å². The van der Waals surface area contributed by atoms with Crippen molar-refractivity contribution in [1.29, 1.82) is 0 Å². The van der Waals surface area contributed by atoms with Crippen molar-refractivity contribution in [3.63, 3.8) is 0 Å². The van der Waals surface area contributed by atoms with E-state index >= 15 is 0 Å². The van der Waals surface area contributed by atoms with Gasteiger partial charge in [0.05, 0.1) is 6.10 Å². The van der Waals surface area contributed by atoms with Crippen LogP contribution in [0.5, 0.6) is 0 Å². The smallest absolute Gasteiger partial charge is 0.191 e. The second kappa shape index (κ2) is 5.13. The Bertz CT molecular complexity index is 208. The third-order valence-corrected chi connectivity index (χ3v) is 5.06. The lowest BCUT2D eigenvalue weighted by atomic mass is 10.0. The summed E-state index contributed by atoms with van der Waals surface area (Å²) < 4.78 is 6.20. The first-order valence-corrected chi connectivity index (χ1v) is 9.01. The average Bonchev–Trinajstić information content (AvgIpc) is 2.11. The van der Waals surface area contributed by atoms with Crippen molar-refractivity contribution in [1.82, 2.24) is 0 Å². The highest BCUT2D eigenvalue weighted by atomic mass is 28.4. The summed E-state index contributed by atoms with van der Waals surface area (Å²) in [5, 5.41) is 0. The van der Waals surface area contributed by atoms with Gasteiger partial charge in [-0.2, -0.15) is 0 Å². The number of hydrogen-bond acceptors (Lipinski definition) is 1. The Morgan fingerprint density at radius 2 is 2.14 bits per heavy atom. The highest BCUT2D eigenvalue weighted by Crippen LogP contribution is 2.27. The molecule has 0 bridgehead atoms. The Balaban J connectivity index is 2.43. The third kappa shape index (κ3) is 3.58. The van der Waals surface area contributed by atoms with Gasteiger partial charge in [-0.15, -0.1) is 0 Å². The summed E-state index contributed by atoms with van der Waals surface area (Å²) in [4.78, 5) is 0. The van der Waals surface area contributed by atoms with E-state index in [1.807, 2.05) is 0 Å². The molecule has 0 aromatic carbocycles. The van der Waals surface area contributed by atoms with Crippen LogP contribution >= 0.6 is 0 Å². The minimum absolute atomic E-state index is 0.442.